The van der Waals surface area contributed by atoms with Crippen LogP contribution >= 0.6 is 23.2 Å². The number of aromatic nitrogens is 3. The Morgan fingerprint density at radius 3 is 2.57 bits per heavy atom. The minimum Gasteiger partial charge on any atom is -0.422 e. The van der Waals surface area contributed by atoms with E-state index < -0.39 is 28.9 Å². The van der Waals surface area contributed by atoms with Crippen LogP contribution in [0.3, 0.4) is 0 Å². The molecule has 1 aromatic carbocycles. The maximum Gasteiger partial charge on any atom is 0.417 e. The summed E-state index contributed by atoms with van der Waals surface area (Å²) in [6, 6.07) is 4.10. The Bertz CT molecular complexity index is 1300. The molecule has 0 spiro atoms. The predicted molar refractivity (Wildman–Crippen MR) is 122 cm³/mol. The van der Waals surface area contributed by atoms with Crippen LogP contribution in [-0.2, 0) is 6.18 Å². The van der Waals surface area contributed by atoms with Gasteiger partial charge in [-0.05, 0) is 36.3 Å². The van der Waals surface area contributed by atoms with Crippen LogP contribution in [0.4, 0.5) is 23.7 Å². The van der Waals surface area contributed by atoms with Gasteiger partial charge in [0.1, 0.15) is 0 Å². The second kappa shape index (κ2) is 9.84. The lowest BCUT2D eigenvalue weighted by molar-refractivity contribution is -0.137. The Balaban J connectivity index is 1.41. The predicted octanol–water partition coefficient (Wildman–Crippen LogP) is 5.50. The summed E-state index contributed by atoms with van der Waals surface area (Å²) < 4.78 is 43.8. The monoisotopic (exact) mass is 527 g/mol. The Hall–Kier alpha value is -3.15. The van der Waals surface area contributed by atoms with Crippen molar-refractivity contribution in [3.05, 3.63) is 75.2 Å². The highest BCUT2D eigenvalue weighted by Gasteiger charge is 2.33. The number of alkyl halides is 3. The van der Waals surface area contributed by atoms with Crippen molar-refractivity contribution in [3.8, 4) is 0 Å². The van der Waals surface area contributed by atoms with E-state index in [1.54, 1.807) is 19.1 Å². The van der Waals surface area contributed by atoms with E-state index in [4.69, 9.17) is 27.6 Å². The van der Waals surface area contributed by atoms with E-state index in [-0.39, 0.29) is 18.1 Å². The molecular formula is C22H18Cl2F3N5O3. The van der Waals surface area contributed by atoms with Crippen molar-refractivity contribution < 1.29 is 27.5 Å². The van der Waals surface area contributed by atoms with E-state index in [0.717, 1.165) is 23.8 Å². The van der Waals surface area contributed by atoms with Crippen molar-refractivity contribution in [3.63, 3.8) is 0 Å². The van der Waals surface area contributed by atoms with Crippen molar-refractivity contribution in [2.24, 2.45) is 0 Å². The van der Waals surface area contributed by atoms with E-state index in [1.807, 2.05) is 0 Å². The fourth-order valence-electron chi connectivity index (χ4n) is 3.50. The Morgan fingerprint density at radius 1 is 1.23 bits per heavy atom. The third-order valence-corrected chi connectivity index (χ3v) is 5.88. The molecule has 13 heteroatoms. The van der Waals surface area contributed by atoms with Crippen LogP contribution in [0.15, 0.2) is 41.0 Å². The van der Waals surface area contributed by atoms with Gasteiger partial charge in [0.2, 0.25) is 11.8 Å². The van der Waals surface area contributed by atoms with Gasteiger partial charge >= 0.3 is 12.2 Å². The van der Waals surface area contributed by atoms with E-state index in [0.29, 0.717) is 35.1 Å². The first-order valence-corrected chi connectivity index (χ1v) is 11.0. The van der Waals surface area contributed by atoms with Crippen LogP contribution < -0.4 is 5.32 Å². The third kappa shape index (κ3) is 5.58. The van der Waals surface area contributed by atoms with Crippen LogP contribution in [-0.4, -0.2) is 44.3 Å². The van der Waals surface area contributed by atoms with Crippen molar-refractivity contribution in [2.75, 3.05) is 18.4 Å². The average Bonchev–Trinajstić information content (AvgIpc) is 3.24. The molecule has 1 atom stereocenters. The number of hydrogen-bond donors (Lipinski definition) is 2. The van der Waals surface area contributed by atoms with Crippen molar-refractivity contribution in [2.45, 2.75) is 25.6 Å². The van der Waals surface area contributed by atoms with Crippen molar-refractivity contribution in [1.82, 2.24) is 20.1 Å². The summed E-state index contributed by atoms with van der Waals surface area (Å²) in [5.74, 6) is 0.345. The number of nitrogens with zero attached hydrogens (tertiary/aromatic N) is 4. The highest BCUT2D eigenvalue weighted by Crippen LogP contribution is 2.36. The van der Waals surface area contributed by atoms with Gasteiger partial charge in [0.25, 0.3) is 0 Å². The number of halogens is 5. The fourth-order valence-corrected chi connectivity index (χ4v) is 4.08. The molecular weight excluding hydrogens is 510 g/mol. The lowest BCUT2D eigenvalue weighted by atomic mass is 10.0. The molecule has 0 radical (unpaired) electrons. The number of aliphatic hydroxyl groups is 1. The molecule has 0 saturated carbocycles. The second-order valence-electron chi connectivity index (χ2n) is 7.71. The average molecular weight is 528 g/mol. The minimum atomic E-state index is -4.58. The van der Waals surface area contributed by atoms with Gasteiger partial charge in [-0.15, -0.1) is 10.2 Å². The SMILES string of the molecule is Cc1nnc(C(O)c2cnc(C3=CCN(C(=O)Nc4ccc(C(F)(F)F)c(Cl)c4)CC3)c(Cl)c2)o1. The molecule has 0 fully saturated rings. The number of rotatable bonds is 4. The molecule has 184 valence electrons. The van der Waals surface area contributed by atoms with E-state index in [1.165, 1.54) is 11.1 Å². The van der Waals surface area contributed by atoms with Crippen LogP contribution in [0.1, 0.15) is 41.1 Å². The second-order valence-corrected chi connectivity index (χ2v) is 8.52. The molecule has 4 rings (SSSR count). The number of carbonyl (C=O) groups excluding carboxylic acids is 1. The zero-order valence-corrected chi connectivity index (χ0v) is 19.6. The zero-order valence-electron chi connectivity index (χ0n) is 18.1. The number of aryl methyl sites for hydroxylation is 1. The summed E-state index contributed by atoms with van der Waals surface area (Å²) in [5, 5.41) is 20.2. The summed E-state index contributed by atoms with van der Waals surface area (Å²) in [5.41, 5.74) is 0.885. The van der Waals surface area contributed by atoms with Gasteiger partial charge in [0.15, 0.2) is 6.10 Å². The molecule has 1 unspecified atom stereocenters. The molecule has 2 N–H and O–H groups in total. The number of aliphatic hydroxyl groups excluding tert-OH is 1. The summed E-state index contributed by atoms with van der Waals surface area (Å²) in [7, 11) is 0. The molecule has 0 bridgehead atoms. The molecule has 2 amide bonds. The van der Waals surface area contributed by atoms with Gasteiger partial charge in [-0.2, -0.15) is 13.2 Å². The maximum absolute atomic E-state index is 12.9. The summed E-state index contributed by atoms with van der Waals surface area (Å²) in [6.45, 7) is 2.17. The van der Waals surface area contributed by atoms with Gasteiger partial charge in [-0.25, -0.2) is 4.79 Å². The standard InChI is InChI=1S/C22H18Cl2F3N5O3/c1-11-30-31-20(35-11)19(33)13-8-17(24)18(28-10-13)12-4-6-32(7-5-12)21(34)29-14-2-3-15(16(23)9-14)22(25,26)27/h2-4,8-10,19,33H,5-7H2,1H3,(H,29,34). The molecule has 0 aliphatic carbocycles. The highest BCUT2D eigenvalue weighted by atomic mass is 35.5. The lowest BCUT2D eigenvalue weighted by Crippen LogP contribution is -2.38. The molecule has 3 heterocycles. The smallest absolute Gasteiger partial charge is 0.417 e. The van der Waals surface area contributed by atoms with Crippen LogP contribution in [0.2, 0.25) is 10.0 Å². The number of amides is 2. The van der Waals surface area contributed by atoms with Crippen LogP contribution in [0, 0.1) is 6.92 Å². The molecule has 8 nitrogen and oxygen atoms in total. The topological polar surface area (TPSA) is 104 Å². The first kappa shape index (κ1) is 25.0. The molecule has 35 heavy (non-hydrogen) atoms. The van der Waals surface area contributed by atoms with Crippen LogP contribution in [0.5, 0.6) is 0 Å². The molecule has 0 saturated heterocycles. The van der Waals surface area contributed by atoms with Crippen molar-refractivity contribution >= 4 is 40.5 Å². The Labute approximate surface area is 207 Å². The summed E-state index contributed by atoms with van der Waals surface area (Å²) >= 11 is 12.1. The van der Waals surface area contributed by atoms with Gasteiger partial charge in [-0.3, -0.25) is 4.98 Å². The Kier molecular flexibility index (Phi) is 7.02. The maximum atomic E-state index is 12.9. The summed E-state index contributed by atoms with van der Waals surface area (Å²) in [4.78, 5) is 18.4. The van der Waals surface area contributed by atoms with E-state index in [9.17, 15) is 23.1 Å². The minimum absolute atomic E-state index is 0.0287. The first-order valence-electron chi connectivity index (χ1n) is 10.3. The van der Waals surface area contributed by atoms with Crippen molar-refractivity contribution in [1.29, 1.82) is 0 Å². The van der Waals surface area contributed by atoms with E-state index in [2.05, 4.69) is 20.5 Å². The zero-order chi connectivity index (χ0) is 25.3. The number of hydrogen-bond acceptors (Lipinski definition) is 6. The summed E-state index contributed by atoms with van der Waals surface area (Å²) in [6.07, 6.45) is -2.06. The van der Waals surface area contributed by atoms with Gasteiger partial charge in [-0.1, -0.05) is 29.3 Å². The quantitative estimate of drug-likeness (QED) is 0.464. The number of benzene rings is 1. The van der Waals surface area contributed by atoms with Gasteiger partial charge < -0.3 is 19.7 Å². The fraction of sp³-hybridized carbons (Fsp3) is 0.273. The number of anilines is 1. The lowest BCUT2D eigenvalue weighted by Gasteiger charge is -2.27. The number of carbonyl (C=O) groups is 1. The highest BCUT2D eigenvalue weighted by molar-refractivity contribution is 6.32. The normalized spacial score (nSPS) is 15.1. The van der Waals surface area contributed by atoms with E-state index >= 15 is 0 Å². The Morgan fingerprint density at radius 2 is 2.00 bits per heavy atom. The van der Waals surface area contributed by atoms with Gasteiger partial charge in [0.05, 0.1) is 21.3 Å². The van der Waals surface area contributed by atoms with Gasteiger partial charge in [0, 0.05) is 37.5 Å². The largest absolute Gasteiger partial charge is 0.422 e. The molecule has 2 aromatic heterocycles. The molecule has 1 aliphatic heterocycles. The number of pyridine rings is 1. The first-order chi connectivity index (χ1) is 16.5. The molecule has 3 aromatic rings. The molecule has 1 aliphatic rings. The third-order valence-electron chi connectivity index (χ3n) is 5.28. The number of urea groups is 1. The van der Waals surface area contributed by atoms with Crippen LogP contribution in [0.25, 0.3) is 5.57 Å². The number of nitrogens with one attached hydrogen (secondary N) is 1.